The predicted octanol–water partition coefficient (Wildman–Crippen LogP) is 0.958. The van der Waals surface area contributed by atoms with Crippen LogP contribution in [0.5, 0.6) is 0 Å². The van der Waals surface area contributed by atoms with Crippen molar-refractivity contribution < 1.29 is 5.11 Å². The summed E-state index contributed by atoms with van der Waals surface area (Å²) >= 11 is 1.73. The first-order valence-electron chi connectivity index (χ1n) is 5.82. The van der Waals surface area contributed by atoms with Gasteiger partial charge in [0.25, 0.3) is 0 Å². The van der Waals surface area contributed by atoms with E-state index in [9.17, 15) is 5.11 Å². The number of thioether (sulfide) groups is 1. The minimum Gasteiger partial charge on any atom is -0.395 e. The number of nitrogens with one attached hydrogen (secondary N) is 1. The van der Waals surface area contributed by atoms with Gasteiger partial charge in [0.05, 0.1) is 6.61 Å². The maximum absolute atomic E-state index is 9.19. The highest BCUT2D eigenvalue weighted by Gasteiger charge is 2.22. The minimum absolute atomic E-state index is 0.252. The van der Waals surface area contributed by atoms with Crippen LogP contribution in [0.1, 0.15) is 32.6 Å². The van der Waals surface area contributed by atoms with Gasteiger partial charge in [0.2, 0.25) is 0 Å². The lowest BCUT2D eigenvalue weighted by Gasteiger charge is -2.31. The predicted molar refractivity (Wildman–Crippen MR) is 67.2 cm³/mol. The number of hydrogen-bond donors (Lipinski definition) is 3. The first-order valence-corrected chi connectivity index (χ1v) is 7.11. The molecule has 4 N–H and O–H groups in total. The molecule has 0 aliphatic heterocycles. The van der Waals surface area contributed by atoms with Crippen molar-refractivity contribution in [2.45, 2.75) is 56.0 Å². The van der Waals surface area contributed by atoms with E-state index in [0.29, 0.717) is 23.4 Å². The standard InChI is InChI=1S/C11H24N2OS/c1-8(11(7-14)15-2)13-10-5-3-9(12)4-6-10/h8-11,13-14H,3-7,12H2,1-2H3. The molecule has 15 heavy (non-hydrogen) atoms. The van der Waals surface area contributed by atoms with Gasteiger partial charge in [-0.15, -0.1) is 0 Å². The Morgan fingerprint density at radius 3 is 2.47 bits per heavy atom. The molecule has 0 bridgehead atoms. The van der Waals surface area contributed by atoms with Crippen LogP contribution in [0, 0.1) is 0 Å². The van der Waals surface area contributed by atoms with E-state index in [1.807, 2.05) is 0 Å². The van der Waals surface area contributed by atoms with E-state index >= 15 is 0 Å². The molecule has 1 fully saturated rings. The molecular formula is C11H24N2OS. The van der Waals surface area contributed by atoms with Gasteiger partial charge in [-0.05, 0) is 38.9 Å². The smallest absolute Gasteiger partial charge is 0.0564 e. The molecule has 1 aliphatic rings. The van der Waals surface area contributed by atoms with Gasteiger partial charge in [-0.25, -0.2) is 0 Å². The van der Waals surface area contributed by atoms with E-state index in [2.05, 4.69) is 18.5 Å². The molecule has 90 valence electrons. The van der Waals surface area contributed by atoms with E-state index in [4.69, 9.17) is 5.73 Å². The van der Waals surface area contributed by atoms with Crippen molar-refractivity contribution in [1.82, 2.24) is 5.32 Å². The monoisotopic (exact) mass is 232 g/mol. The van der Waals surface area contributed by atoms with Crippen LogP contribution in [0.25, 0.3) is 0 Å². The van der Waals surface area contributed by atoms with Gasteiger partial charge in [-0.1, -0.05) is 0 Å². The highest BCUT2D eigenvalue weighted by molar-refractivity contribution is 7.99. The normalized spacial score (nSPS) is 31.2. The van der Waals surface area contributed by atoms with Crippen LogP contribution in [-0.4, -0.2) is 41.3 Å². The SMILES string of the molecule is CSC(CO)C(C)NC1CCC(N)CC1. The second-order valence-corrected chi connectivity index (χ2v) is 5.60. The van der Waals surface area contributed by atoms with Gasteiger partial charge in [0.1, 0.15) is 0 Å². The Balaban J connectivity index is 2.28. The van der Waals surface area contributed by atoms with E-state index < -0.39 is 0 Å². The van der Waals surface area contributed by atoms with Crippen LogP contribution in [0.3, 0.4) is 0 Å². The molecule has 0 aromatic heterocycles. The van der Waals surface area contributed by atoms with Gasteiger partial charge >= 0.3 is 0 Å². The van der Waals surface area contributed by atoms with Gasteiger partial charge in [-0.3, -0.25) is 0 Å². The highest BCUT2D eigenvalue weighted by Crippen LogP contribution is 2.19. The summed E-state index contributed by atoms with van der Waals surface area (Å²) in [6.07, 6.45) is 6.67. The van der Waals surface area contributed by atoms with Crippen molar-refractivity contribution in [3.63, 3.8) is 0 Å². The zero-order valence-corrected chi connectivity index (χ0v) is 10.6. The molecule has 0 saturated heterocycles. The highest BCUT2D eigenvalue weighted by atomic mass is 32.2. The fraction of sp³-hybridized carbons (Fsp3) is 1.00. The fourth-order valence-corrected chi connectivity index (χ4v) is 2.84. The number of hydrogen-bond acceptors (Lipinski definition) is 4. The number of rotatable bonds is 5. The van der Waals surface area contributed by atoms with E-state index in [0.717, 1.165) is 12.8 Å². The van der Waals surface area contributed by atoms with Gasteiger partial charge in [0.15, 0.2) is 0 Å². The summed E-state index contributed by atoms with van der Waals surface area (Å²) in [5.41, 5.74) is 5.87. The second-order valence-electron chi connectivity index (χ2n) is 4.52. The van der Waals surface area contributed by atoms with Crippen LogP contribution in [-0.2, 0) is 0 Å². The Hall–Kier alpha value is 0.230. The van der Waals surface area contributed by atoms with E-state index in [1.165, 1.54) is 12.8 Å². The summed E-state index contributed by atoms with van der Waals surface area (Å²) in [5.74, 6) is 0. The number of aliphatic hydroxyl groups is 1. The average molecular weight is 232 g/mol. The van der Waals surface area contributed by atoms with Crippen LogP contribution in [0.4, 0.5) is 0 Å². The first kappa shape index (κ1) is 13.3. The van der Waals surface area contributed by atoms with Crippen molar-refractivity contribution in [1.29, 1.82) is 0 Å². The minimum atomic E-state index is 0.252. The molecule has 1 saturated carbocycles. The van der Waals surface area contributed by atoms with Crippen molar-refractivity contribution in [2.24, 2.45) is 5.73 Å². The van der Waals surface area contributed by atoms with Crippen molar-refractivity contribution in [3.05, 3.63) is 0 Å². The van der Waals surface area contributed by atoms with Crippen LogP contribution < -0.4 is 11.1 Å². The molecule has 1 aliphatic carbocycles. The Kier molecular flexibility index (Phi) is 5.97. The summed E-state index contributed by atoms with van der Waals surface area (Å²) in [4.78, 5) is 0. The second kappa shape index (κ2) is 6.74. The maximum Gasteiger partial charge on any atom is 0.0564 e. The summed E-state index contributed by atoms with van der Waals surface area (Å²) < 4.78 is 0. The lowest BCUT2D eigenvalue weighted by atomic mass is 9.91. The molecule has 0 radical (unpaired) electrons. The molecule has 0 amide bonds. The molecule has 0 aromatic carbocycles. The van der Waals surface area contributed by atoms with Gasteiger partial charge < -0.3 is 16.2 Å². The molecule has 2 atom stereocenters. The van der Waals surface area contributed by atoms with Gasteiger partial charge in [-0.2, -0.15) is 11.8 Å². The van der Waals surface area contributed by atoms with E-state index in [-0.39, 0.29) is 6.61 Å². The molecule has 0 aromatic rings. The Bertz CT molecular complexity index is 168. The van der Waals surface area contributed by atoms with Crippen LogP contribution in [0.15, 0.2) is 0 Å². The molecule has 3 nitrogen and oxygen atoms in total. The largest absolute Gasteiger partial charge is 0.395 e. The van der Waals surface area contributed by atoms with Crippen LogP contribution >= 0.6 is 11.8 Å². The van der Waals surface area contributed by atoms with E-state index in [1.54, 1.807) is 11.8 Å². The molecular weight excluding hydrogens is 208 g/mol. The maximum atomic E-state index is 9.19. The van der Waals surface area contributed by atoms with Crippen molar-refractivity contribution in [2.75, 3.05) is 12.9 Å². The van der Waals surface area contributed by atoms with Crippen molar-refractivity contribution >= 4 is 11.8 Å². The third kappa shape index (κ3) is 4.31. The molecule has 4 heteroatoms. The Morgan fingerprint density at radius 1 is 1.40 bits per heavy atom. The summed E-state index contributed by atoms with van der Waals surface area (Å²) in [6.45, 7) is 2.41. The average Bonchev–Trinajstić information content (AvgIpc) is 2.23. The van der Waals surface area contributed by atoms with Crippen molar-refractivity contribution in [3.8, 4) is 0 Å². The first-order chi connectivity index (χ1) is 7.17. The van der Waals surface area contributed by atoms with Gasteiger partial charge in [0, 0.05) is 23.4 Å². The zero-order chi connectivity index (χ0) is 11.3. The third-order valence-electron chi connectivity index (χ3n) is 3.31. The quantitative estimate of drug-likeness (QED) is 0.661. The molecule has 0 heterocycles. The zero-order valence-electron chi connectivity index (χ0n) is 9.78. The Labute approximate surface area is 97.2 Å². The number of aliphatic hydroxyl groups excluding tert-OH is 1. The molecule has 2 unspecified atom stereocenters. The third-order valence-corrected chi connectivity index (χ3v) is 4.47. The summed E-state index contributed by atoms with van der Waals surface area (Å²) in [6, 6.07) is 1.39. The fourth-order valence-electron chi connectivity index (χ4n) is 2.20. The lowest BCUT2D eigenvalue weighted by Crippen LogP contribution is -2.46. The topological polar surface area (TPSA) is 58.3 Å². The summed E-state index contributed by atoms with van der Waals surface area (Å²) in [7, 11) is 0. The van der Waals surface area contributed by atoms with Crippen LogP contribution in [0.2, 0.25) is 0 Å². The molecule has 1 rings (SSSR count). The Morgan fingerprint density at radius 2 is 2.00 bits per heavy atom. The number of nitrogens with two attached hydrogens (primary N) is 1. The molecule has 0 spiro atoms. The summed E-state index contributed by atoms with van der Waals surface area (Å²) in [5, 5.41) is 13.1. The lowest BCUT2D eigenvalue weighted by molar-refractivity contribution is 0.257.